The van der Waals surface area contributed by atoms with Crippen molar-refractivity contribution >= 4 is 0 Å². The number of hydrogen-bond donors (Lipinski definition) is 1. The molecule has 1 saturated carbocycles. The summed E-state index contributed by atoms with van der Waals surface area (Å²) < 4.78 is 5.94. The van der Waals surface area contributed by atoms with Crippen LogP contribution in [0.4, 0.5) is 0 Å². The molecule has 18 heavy (non-hydrogen) atoms. The van der Waals surface area contributed by atoms with E-state index in [9.17, 15) is 0 Å². The summed E-state index contributed by atoms with van der Waals surface area (Å²) in [6.45, 7) is 6.05. The normalized spacial score (nSPS) is 17.9. The number of nitrogens with one attached hydrogen (secondary N) is 1. The van der Waals surface area contributed by atoms with Crippen LogP contribution in [-0.4, -0.2) is 18.1 Å². The van der Waals surface area contributed by atoms with Crippen LogP contribution in [0.5, 0.6) is 5.88 Å². The summed E-state index contributed by atoms with van der Waals surface area (Å²) in [6.07, 6.45) is 7.15. The maximum atomic E-state index is 5.94. The molecule has 100 valence electrons. The number of rotatable bonds is 6. The maximum absolute atomic E-state index is 5.94. The minimum Gasteiger partial charge on any atom is -0.477 e. The minimum absolute atomic E-state index is 0.294. The molecule has 1 aliphatic rings. The van der Waals surface area contributed by atoms with Gasteiger partial charge in [-0.25, -0.2) is 4.98 Å². The Kier molecular flexibility index (Phi) is 5.00. The highest BCUT2D eigenvalue weighted by atomic mass is 16.5. The summed E-state index contributed by atoms with van der Waals surface area (Å²) in [7, 11) is 0. The van der Waals surface area contributed by atoms with Gasteiger partial charge in [-0.1, -0.05) is 25.8 Å². The van der Waals surface area contributed by atoms with Crippen molar-refractivity contribution in [1.29, 1.82) is 0 Å². The lowest BCUT2D eigenvalue weighted by Crippen LogP contribution is -2.19. The molecule has 1 aliphatic carbocycles. The average molecular weight is 248 g/mol. The molecule has 0 aliphatic heterocycles. The smallest absolute Gasteiger partial charge is 0.218 e. The molecule has 0 bridgehead atoms. The molecule has 3 nitrogen and oxygen atoms in total. The van der Waals surface area contributed by atoms with Crippen molar-refractivity contribution in [3.05, 3.63) is 23.9 Å². The van der Waals surface area contributed by atoms with Gasteiger partial charge in [-0.15, -0.1) is 0 Å². The lowest BCUT2D eigenvalue weighted by atomic mass is 10.1. The summed E-state index contributed by atoms with van der Waals surface area (Å²) >= 11 is 0. The maximum Gasteiger partial charge on any atom is 0.218 e. The van der Waals surface area contributed by atoms with Crippen molar-refractivity contribution < 1.29 is 4.74 Å². The Bertz CT molecular complexity index is 361. The molecule has 0 saturated heterocycles. The Balaban J connectivity index is 1.97. The van der Waals surface area contributed by atoms with Crippen LogP contribution in [0.1, 0.15) is 51.1 Å². The van der Waals surface area contributed by atoms with Crippen LogP contribution in [0.3, 0.4) is 0 Å². The predicted molar refractivity (Wildman–Crippen MR) is 73.8 cm³/mol. The van der Waals surface area contributed by atoms with E-state index in [0.717, 1.165) is 30.5 Å². The minimum atomic E-state index is 0.294. The van der Waals surface area contributed by atoms with E-state index in [1.807, 2.05) is 12.3 Å². The first-order chi connectivity index (χ1) is 8.81. The Labute approximate surface area is 110 Å². The van der Waals surface area contributed by atoms with Gasteiger partial charge in [0, 0.05) is 17.8 Å². The van der Waals surface area contributed by atoms with E-state index < -0.39 is 0 Å². The first kappa shape index (κ1) is 13.3. The van der Waals surface area contributed by atoms with E-state index in [0.29, 0.717) is 6.04 Å². The summed E-state index contributed by atoms with van der Waals surface area (Å²) in [5.74, 6) is 1.53. The van der Waals surface area contributed by atoms with Gasteiger partial charge in [0.2, 0.25) is 5.88 Å². The largest absolute Gasteiger partial charge is 0.477 e. The van der Waals surface area contributed by atoms with Crippen LogP contribution < -0.4 is 10.1 Å². The third kappa shape index (κ3) is 3.45. The van der Waals surface area contributed by atoms with Crippen LogP contribution in [-0.2, 0) is 0 Å². The second-order valence-electron chi connectivity index (χ2n) is 5.14. The van der Waals surface area contributed by atoms with Crippen molar-refractivity contribution in [2.75, 3.05) is 13.2 Å². The summed E-state index contributed by atoms with van der Waals surface area (Å²) in [4.78, 5) is 4.38. The standard InChI is InChI=1S/C15H24N2O/c1-3-16-12(2)14-9-6-10-17-15(14)18-11-13-7-4-5-8-13/h6,9-10,12-13,16H,3-5,7-8,11H2,1-2H3. The molecule has 0 spiro atoms. The number of pyridine rings is 1. The molecule has 2 rings (SSSR count). The number of nitrogens with zero attached hydrogens (tertiary/aromatic N) is 1. The molecule has 1 N–H and O–H groups in total. The van der Waals surface area contributed by atoms with E-state index in [2.05, 4.69) is 30.2 Å². The lowest BCUT2D eigenvalue weighted by Gasteiger charge is -2.18. The van der Waals surface area contributed by atoms with Gasteiger partial charge in [0.25, 0.3) is 0 Å². The van der Waals surface area contributed by atoms with E-state index in [1.165, 1.54) is 25.7 Å². The highest BCUT2D eigenvalue weighted by Gasteiger charge is 2.17. The van der Waals surface area contributed by atoms with Crippen LogP contribution in [0.15, 0.2) is 18.3 Å². The van der Waals surface area contributed by atoms with E-state index in [1.54, 1.807) is 0 Å². The van der Waals surface area contributed by atoms with Gasteiger partial charge < -0.3 is 10.1 Å². The molecular weight excluding hydrogens is 224 g/mol. The highest BCUT2D eigenvalue weighted by Crippen LogP contribution is 2.27. The van der Waals surface area contributed by atoms with Crippen LogP contribution >= 0.6 is 0 Å². The third-order valence-corrected chi connectivity index (χ3v) is 3.71. The van der Waals surface area contributed by atoms with Crippen molar-refractivity contribution in [2.45, 2.75) is 45.6 Å². The molecule has 1 unspecified atom stereocenters. The van der Waals surface area contributed by atoms with Gasteiger partial charge in [-0.05, 0) is 38.3 Å². The monoisotopic (exact) mass is 248 g/mol. The van der Waals surface area contributed by atoms with Gasteiger partial charge in [0.1, 0.15) is 0 Å². The van der Waals surface area contributed by atoms with Crippen LogP contribution in [0.2, 0.25) is 0 Å². The molecule has 0 amide bonds. The summed E-state index contributed by atoms with van der Waals surface area (Å²) in [5, 5.41) is 3.41. The van der Waals surface area contributed by atoms with Gasteiger partial charge in [0.15, 0.2) is 0 Å². The van der Waals surface area contributed by atoms with Gasteiger partial charge in [-0.3, -0.25) is 0 Å². The quantitative estimate of drug-likeness (QED) is 0.838. The first-order valence-corrected chi connectivity index (χ1v) is 7.12. The van der Waals surface area contributed by atoms with Crippen molar-refractivity contribution in [2.24, 2.45) is 5.92 Å². The topological polar surface area (TPSA) is 34.2 Å². The van der Waals surface area contributed by atoms with Crippen LogP contribution in [0.25, 0.3) is 0 Å². The molecule has 1 aromatic heterocycles. The molecule has 1 fully saturated rings. The van der Waals surface area contributed by atoms with Crippen molar-refractivity contribution in [3.8, 4) is 5.88 Å². The molecule has 1 atom stereocenters. The fourth-order valence-electron chi connectivity index (χ4n) is 2.64. The number of aromatic nitrogens is 1. The Morgan fingerprint density at radius 1 is 1.44 bits per heavy atom. The molecule has 0 radical (unpaired) electrons. The molecule has 0 aromatic carbocycles. The molecular formula is C15H24N2O. The average Bonchev–Trinajstić information content (AvgIpc) is 2.90. The van der Waals surface area contributed by atoms with Crippen LogP contribution in [0, 0.1) is 5.92 Å². The second kappa shape index (κ2) is 6.74. The van der Waals surface area contributed by atoms with E-state index in [-0.39, 0.29) is 0 Å². The summed E-state index contributed by atoms with van der Waals surface area (Å²) in [6, 6.07) is 4.37. The first-order valence-electron chi connectivity index (χ1n) is 7.12. The Morgan fingerprint density at radius 2 is 2.22 bits per heavy atom. The Hall–Kier alpha value is -1.09. The molecule has 3 heteroatoms. The van der Waals surface area contributed by atoms with Gasteiger partial charge in [-0.2, -0.15) is 0 Å². The summed E-state index contributed by atoms with van der Waals surface area (Å²) in [5.41, 5.74) is 1.16. The Morgan fingerprint density at radius 3 is 2.94 bits per heavy atom. The highest BCUT2D eigenvalue weighted by molar-refractivity contribution is 5.28. The number of hydrogen-bond acceptors (Lipinski definition) is 3. The zero-order valence-corrected chi connectivity index (χ0v) is 11.5. The zero-order chi connectivity index (χ0) is 12.8. The molecule has 1 heterocycles. The van der Waals surface area contributed by atoms with E-state index >= 15 is 0 Å². The number of ether oxygens (including phenoxy) is 1. The van der Waals surface area contributed by atoms with E-state index in [4.69, 9.17) is 4.74 Å². The second-order valence-corrected chi connectivity index (χ2v) is 5.14. The molecule has 1 aromatic rings. The fourth-order valence-corrected chi connectivity index (χ4v) is 2.64. The van der Waals surface area contributed by atoms with Crippen molar-refractivity contribution in [1.82, 2.24) is 10.3 Å². The van der Waals surface area contributed by atoms with Gasteiger partial charge in [0.05, 0.1) is 6.61 Å². The van der Waals surface area contributed by atoms with Gasteiger partial charge >= 0.3 is 0 Å². The SMILES string of the molecule is CCNC(C)c1cccnc1OCC1CCCC1. The lowest BCUT2D eigenvalue weighted by molar-refractivity contribution is 0.239. The van der Waals surface area contributed by atoms with Crippen molar-refractivity contribution in [3.63, 3.8) is 0 Å². The zero-order valence-electron chi connectivity index (χ0n) is 11.5. The third-order valence-electron chi connectivity index (χ3n) is 3.71. The predicted octanol–water partition coefficient (Wildman–Crippen LogP) is 3.32. The fraction of sp³-hybridized carbons (Fsp3) is 0.667.